The van der Waals surface area contributed by atoms with Gasteiger partial charge in [-0.05, 0) is 37.1 Å². The minimum absolute atomic E-state index is 0.386. The van der Waals surface area contributed by atoms with Crippen LogP contribution in [0.5, 0.6) is 0 Å². The zero-order valence-electron chi connectivity index (χ0n) is 14.3. The summed E-state index contributed by atoms with van der Waals surface area (Å²) in [5, 5.41) is 3.80. The summed E-state index contributed by atoms with van der Waals surface area (Å²) in [5.74, 6) is 0.726. The summed E-state index contributed by atoms with van der Waals surface area (Å²) in [6.45, 7) is 20.1. The lowest BCUT2D eigenvalue weighted by atomic mass is 9.83. The van der Waals surface area contributed by atoms with Gasteiger partial charge in [0.15, 0.2) is 0 Å². The highest BCUT2D eigenvalue weighted by Gasteiger charge is 2.39. The summed E-state index contributed by atoms with van der Waals surface area (Å²) in [4.78, 5) is 2.79. The average Bonchev–Trinajstić information content (AvgIpc) is 2.34. The number of nitrogens with one attached hydrogen (secondary N) is 1. The fraction of sp³-hybridized carbons (Fsp3) is 1.00. The molecule has 1 aliphatic rings. The second-order valence-corrected chi connectivity index (χ2v) is 7.92. The van der Waals surface area contributed by atoms with Crippen molar-refractivity contribution in [1.82, 2.24) is 10.2 Å². The molecule has 0 bridgehead atoms. The fourth-order valence-electron chi connectivity index (χ4n) is 3.12. The van der Waals surface area contributed by atoms with E-state index in [9.17, 15) is 0 Å². The van der Waals surface area contributed by atoms with Crippen molar-refractivity contribution in [3.05, 3.63) is 0 Å². The monoisotopic (exact) mass is 268 g/mol. The predicted molar refractivity (Wildman–Crippen MR) is 85.6 cm³/mol. The van der Waals surface area contributed by atoms with E-state index in [1.807, 2.05) is 0 Å². The van der Waals surface area contributed by atoms with Crippen molar-refractivity contribution in [2.75, 3.05) is 19.6 Å². The molecule has 1 rings (SSSR count). The van der Waals surface area contributed by atoms with Gasteiger partial charge in [0, 0.05) is 24.7 Å². The predicted octanol–water partition coefficient (Wildman–Crippen LogP) is 3.91. The molecule has 2 nitrogen and oxygen atoms in total. The third kappa shape index (κ3) is 4.46. The maximum atomic E-state index is 3.80. The van der Waals surface area contributed by atoms with Crippen molar-refractivity contribution in [1.29, 1.82) is 0 Å². The first-order valence-corrected chi connectivity index (χ1v) is 8.22. The highest BCUT2D eigenvalue weighted by molar-refractivity contribution is 4.98. The van der Waals surface area contributed by atoms with Crippen LogP contribution >= 0.6 is 0 Å². The van der Waals surface area contributed by atoms with E-state index in [2.05, 4.69) is 58.7 Å². The molecule has 0 radical (unpaired) electrons. The van der Waals surface area contributed by atoms with Gasteiger partial charge >= 0.3 is 0 Å². The van der Waals surface area contributed by atoms with Crippen LogP contribution in [0.4, 0.5) is 0 Å². The molecule has 1 unspecified atom stereocenters. The number of hydrogen-bond acceptors (Lipinski definition) is 2. The maximum absolute atomic E-state index is 3.80. The Hall–Kier alpha value is -0.0800. The molecule has 0 amide bonds. The molecule has 0 aromatic rings. The first kappa shape index (κ1) is 17.0. The molecule has 1 aliphatic heterocycles. The van der Waals surface area contributed by atoms with E-state index in [1.54, 1.807) is 0 Å². The van der Waals surface area contributed by atoms with E-state index in [4.69, 9.17) is 0 Å². The van der Waals surface area contributed by atoms with E-state index in [-0.39, 0.29) is 0 Å². The molecule has 1 saturated heterocycles. The zero-order valence-corrected chi connectivity index (χ0v) is 14.3. The Morgan fingerprint density at radius 2 is 1.79 bits per heavy atom. The van der Waals surface area contributed by atoms with Gasteiger partial charge in [0.2, 0.25) is 0 Å². The van der Waals surface area contributed by atoms with Crippen LogP contribution in [-0.2, 0) is 0 Å². The summed E-state index contributed by atoms with van der Waals surface area (Å²) < 4.78 is 0. The molecular weight excluding hydrogens is 232 g/mol. The van der Waals surface area contributed by atoms with Gasteiger partial charge in [-0.25, -0.2) is 0 Å². The van der Waals surface area contributed by atoms with E-state index < -0.39 is 0 Å². The van der Waals surface area contributed by atoms with E-state index in [1.165, 1.54) is 32.4 Å². The smallest absolute Gasteiger partial charge is 0.0329 e. The number of nitrogens with zero attached hydrogens (tertiary/aromatic N) is 1. The van der Waals surface area contributed by atoms with Crippen molar-refractivity contribution in [2.45, 2.75) is 79.3 Å². The molecule has 114 valence electrons. The average molecular weight is 268 g/mol. The van der Waals surface area contributed by atoms with Gasteiger partial charge in [-0.1, -0.05) is 48.5 Å². The lowest BCUT2D eigenvalue weighted by molar-refractivity contribution is 0.0150. The van der Waals surface area contributed by atoms with Crippen molar-refractivity contribution in [2.24, 2.45) is 11.3 Å². The van der Waals surface area contributed by atoms with Crippen LogP contribution in [0.25, 0.3) is 0 Å². The molecule has 0 aromatic carbocycles. The minimum Gasteiger partial charge on any atom is -0.311 e. The number of rotatable bonds is 5. The third-order valence-electron chi connectivity index (χ3n) is 5.03. The maximum Gasteiger partial charge on any atom is 0.0329 e. The van der Waals surface area contributed by atoms with Gasteiger partial charge in [-0.15, -0.1) is 0 Å². The normalized spacial score (nSPS) is 24.9. The van der Waals surface area contributed by atoms with Crippen LogP contribution in [0.3, 0.4) is 0 Å². The van der Waals surface area contributed by atoms with Gasteiger partial charge in [0.05, 0.1) is 0 Å². The van der Waals surface area contributed by atoms with Crippen LogP contribution in [0, 0.1) is 11.3 Å². The van der Waals surface area contributed by atoms with Gasteiger partial charge in [-0.3, -0.25) is 4.90 Å². The number of piperazine rings is 1. The highest BCUT2D eigenvalue weighted by atomic mass is 15.3. The Balaban J connectivity index is 2.76. The molecule has 1 heterocycles. The molecule has 2 heteroatoms. The molecule has 0 aromatic heterocycles. The van der Waals surface area contributed by atoms with Gasteiger partial charge in [-0.2, -0.15) is 0 Å². The summed E-state index contributed by atoms with van der Waals surface area (Å²) in [5.41, 5.74) is 0.821. The van der Waals surface area contributed by atoms with Crippen molar-refractivity contribution in [3.63, 3.8) is 0 Å². The SMILES string of the molecule is CCC1(CC)CNC(C(C)C)CN1CCC(C)(C)C. The lowest BCUT2D eigenvalue weighted by Crippen LogP contribution is -2.65. The van der Waals surface area contributed by atoms with Gasteiger partial charge in [0.25, 0.3) is 0 Å². The molecule has 0 saturated carbocycles. The minimum atomic E-state index is 0.386. The number of hydrogen-bond donors (Lipinski definition) is 1. The van der Waals surface area contributed by atoms with E-state index >= 15 is 0 Å². The summed E-state index contributed by atoms with van der Waals surface area (Å²) in [7, 11) is 0. The van der Waals surface area contributed by atoms with Gasteiger partial charge in [0.1, 0.15) is 0 Å². The Kier molecular flexibility index (Phi) is 5.88. The van der Waals surface area contributed by atoms with E-state index in [0.717, 1.165) is 12.5 Å². The zero-order chi connectivity index (χ0) is 14.7. The van der Waals surface area contributed by atoms with E-state index in [0.29, 0.717) is 17.0 Å². The Bertz CT molecular complexity index is 261. The van der Waals surface area contributed by atoms with Crippen LogP contribution in [-0.4, -0.2) is 36.1 Å². The second-order valence-electron chi connectivity index (χ2n) is 7.92. The summed E-state index contributed by atoms with van der Waals surface area (Å²) in [6, 6.07) is 0.659. The van der Waals surface area contributed by atoms with Crippen LogP contribution < -0.4 is 5.32 Å². The first-order chi connectivity index (χ1) is 8.74. The standard InChI is InChI=1S/C17H36N2/c1-8-17(9-2)13-18-15(14(3)4)12-19(17)11-10-16(5,6)7/h14-15,18H,8-13H2,1-7H3. The molecule has 0 aliphatic carbocycles. The topological polar surface area (TPSA) is 15.3 Å². The van der Waals surface area contributed by atoms with Crippen molar-refractivity contribution < 1.29 is 0 Å². The van der Waals surface area contributed by atoms with Gasteiger partial charge < -0.3 is 5.32 Å². The fourth-order valence-corrected chi connectivity index (χ4v) is 3.12. The molecular formula is C17H36N2. The summed E-state index contributed by atoms with van der Waals surface area (Å²) in [6.07, 6.45) is 3.80. The largest absolute Gasteiger partial charge is 0.311 e. The van der Waals surface area contributed by atoms with Crippen molar-refractivity contribution >= 4 is 0 Å². The molecule has 1 fully saturated rings. The van der Waals surface area contributed by atoms with Crippen molar-refractivity contribution in [3.8, 4) is 0 Å². The van der Waals surface area contributed by atoms with Crippen LogP contribution in [0.15, 0.2) is 0 Å². The molecule has 19 heavy (non-hydrogen) atoms. The second kappa shape index (κ2) is 6.58. The highest BCUT2D eigenvalue weighted by Crippen LogP contribution is 2.30. The quantitative estimate of drug-likeness (QED) is 0.813. The molecule has 1 N–H and O–H groups in total. The lowest BCUT2D eigenvalue weighted by Gasteiger charge is -2.51. The Morgan fingerprint density at radius 1 is 1.21 bits per heavy atom. The first-order valence-electron chi connectivity index (χ1n) is 8.22. The third-order valence-corrected chi connectivity index (χ3v) is 5.03. The molecule has 1 atom stereocenters. The van der Waals surface area contributed by atoms with Crippen LogP contribution in [0.1, 0.15) is 67.7 Å². The Labute approximate surface area is 121 Å². The van der Waals surface area contributed by atoms with Crippen LogP contribution in [0.2, 0.25) is 0 Å². The molecule has 0 spiro atoms. The summed E-state index contributed by atoms with van der Waals surface area (Å²) >= 11 is 0. The Morgan fingerprint density at radius 3 is 2.21 bits per heavy atom.